The maximum atomic E-state index is 11.8. The van der Waals surface area contributed by atoms with Crippen LogP contribution in [0, 0.1) is 5.92 Å². The highest BCUT2D eigenvalue weighted by Gasteiger charge is 2.23. The monoisotopic (exact) mass is 287 g/mol. The van der Waals surface area contributed by atoms with E-state index in [0.29, 0.717) is 32.0 Å². The molecule has 1 heterocycles. The molecule has 20 heavy (non-hydrogen) atoms. The van der Waals surface area contributed by atoms with Crippen molar-refractivity contribution in [3.63, 3.8) is 0 Å². The van der Waals surface area contributed by atoms with Gasteiger partial charge in [0, 0.05) is 40.1 Å². The third-order valence-electron chi connectivity index (χ3n) is 3.53. The second-order valence-electron chi connectivity index (χ2n) is 4.87. The molecule has 1 saturated heterocycles. The zero-order valence-corrected chi connectivity index (χ0v) is 13.7. The fraction of sp³-hybridized carbons (Fsp3) is 0.867. The lowest BCUT2D eigenvalue weighted by atomic mass is 10.0. The first-order valence-corrected chi connectivity index (χ1v) is 7.86. The van der Waals surface area contributed by atoms with Gasteiger partial charge < -0.3 is 10.2 Å². The van der Waals surface area contributed by atoms with Crippen LogP contribution < -0.4 is 5.32 Å². The van der Waals surface area contributed by atoms with Gasteiger partial charge in [-0.1, -0.05) is 27.7 Å². The van der Waals surface area contributed by atoms with Crippen LogP contribution in [0.4, 0.5) is 4.79 Å². The van der Waals surface area contributed by atoms with Crippen molar-refractivity contribution in [3.05, 3.63) is 0 Å². The second-order valence-corrected chi connectivity index (χ2v) is 4.87. The SMILES string of the molecule is CC.CCNC(=O)N1CCN(CC(=O)C(C)CC)CC1.[HH]. The number of rotatable bonds is 5. The highest BCUT2D eigenvalue weighted by molar-refractivity contribution is 5.82. The Labute approximate surface area is 125 Å². The summed E-state index contributed by atoms with van der Waals surface area (Å²) in [6, 6.07) is 0.00500. The predicted molar refractivity (Wildman–Crippen MR) is 85.0 cm³/mol. The van der Waals surface area contributed by atoms with Crippen LogP contribution in [0.5, 0.6) is 0 Å². The van der Waals surface area contributed by atoms with E-state index in [0.717, 1.165) is 19.5 Å². The smallest absolute Gasteiger partial charge is 0.317 e. The van der Waals surface area contributed by atoms with Gasteiger partial charge >= 0.3 is 6.03 Å². The topological polar surface area (TPSA) is 52.7 Å². The lowest BCUT2D eigenvalue weighted by Gasteiger charge is -2.34. The molecule has 1 fully saturated rings. The summed E-state index contributed by atoms with van der Waals surface area (Å²) in [6.07, 6.45) is 0.901. The molecule has 0 radical (unpaired) electrons. The highest BCUT2D eigenvalue weighted by atomic mass is 16.2. The Hall–Kier alpha value is -1.10. The first-order chi connectivity index (χ1) is 9.58. The fourth-order valence-corrected chi connectivity index (χ4v) is 1.98. The maximum absolute atomic E-state index is 11.8. The zero-order valence-electron chi connectivity index (χ0n) is 13.7. The Balaban J connectivity index is 0. The molecule has 0 aromatic carbocycles. The number of carbonyl (C=O) groups is 2. The molecule has 5 heteroatoms. The first-order valence-electron chi connectivity index (χ1n) is 7.86. The molecule has 1 aliphatic heterocycles. The number of ketones is 1. The maximum Gasteiger partial charge on any atom is 0.317 e. The number of Topliss-reactive ketones (excluding diaryl/α,β-unsaturated/α-hetero) is 1. The van der Waals surface area contributed by atoms with Crippen LogP contribution in [0.3, 0.4) is 0 Å². The van der Waals surface area contributed by atoms with Crippen molar-refractivity contribution in [2.45, 2.75) is 41.0 Å². The number of nitrogens with one attached hydrogen (secondary N) is 1. The molecule has 0 spiro atoms. The Bertz CT molecular complexity index is 293. The van der Waals surface area contributed by atoms with Gasteiger partial charge in [-0.05, 0) is 13.3 Å². The number of piperazine rings is 1. The molecule has 1 rings (SSSR count). The fourth-order valence-electron chi connectivity index (χ4n) is 1.98. The van der Waals surface area contributed by atoms with Crippen molar-refractivity contribution < 1.29 is 11.0 Å². The molecule has 1 unspecified atom stereocenters. The van der Waals surface area contributed by atoms with Crippen LogP contribution >= 0.6 is 0 Å². The van der Waals surface area contributed by atoms with E-state index in [1.807, 2.05) is 39.5 Å². The molecule has 0 saturated carbocycles. The van der Waals surface area contributed by atoms with E-state index in [9.17, 15) is 9.59 Å². The third kappa shape index (κ3) is 6.37. The predicted octanol–water partition coefficient (Wildman–Crippen LogP) is 2.22. The minimum atomic E-state index is 0. The lowest BCUT2D eigenvalue weighted by Crippen LogP contribution is -2.52. The second kappa shape index (κ2) is 10.7. The molecule has 5 nitrogen and oxygen atoms in total. The van der Waals surface area contributed by atoms with E-state index in [1.165, 1.54) is 0 Å². The molecule has 2 amide bonds. The molecule has 120 valence electrons. The van der Waals surface area contributed by atoms with Gasteiger partial charge in [-0.25, -0.2) is 4.79 Å². The molecular weight excluding hydrogens is 254 g/mol. The van der Waals surface area contributed by atoms with Gasteiger partial charge in [0.05, 0.1) is 6.54 Å². The van der Waals surface area contributed by atoms with Gasteiger partial charge in [0.25, 0.3) is 0 Å². The van der Waals surface area contributed by atoms with Crippen molar-refractivity contribution in [2.75, 3.05) is 39.3 Å². The van der Waals surface area contributed by atoms with Crippen LogP contribution in [0.2, 0.25) is 0 Å². The zero-order chi connectivity index (χ0) is 15.5. The van der Waals surface area contributed by atoms with Crippen LogP contribution in [0.1, 0.15) is 42.5 Å². The number of urea groups is 1. The highest BCUT2D eigenvalue weighted by Crippen LogP contribution is 2.07. The van der Waals surface area contributed by atoms with E-state index in [2.05, 4.69) is 10.2 Å². The van der Waals surface area contributed by atoms with E-state index in [-0.39, 0.29) is 13.4 Å². The van der Waals surface area contributed by atoms with Crippen molar-refractivity contribution in [2.24, 2.45) is 5.92 Å². The number of carbonyl (C=O) groups excluding carboxylic acids is 2. The molecule has 0 aromatic rings. The average Bonchev–Trinajstić information content (AvgIpc) is 2.49. The number of hydrogen-bond acceptors (Lipinski definition) is 3. The van der Waals surface area contributed by atoms with Crippen LogP contribution in [0.25, 0.3) is 0 Å². The minimum absolute atomic E-state index is 0. The summed E-state index contributed by atoms with van der Waals surface area (Å²) in [5.41, 5.74) is 0. The quantitative estimate of drug-likeness (QED) is 0.843. The number of hydrogen-bond donors (Lipinski definition) is 1. The van der Waals surface area contributed by atoms with Gasteiger partial charge in [-0.3, -0.25) is 9.69 Å². The minimum Gasteiger partial charge on any atom is -0.338 e. The van der Waals surface area contributed by atoms with E-state index >= 15 is 0 Å². The summed E-state index contributed by atoms with van der Waals surface area (Å²) in [7, 11) is 0. The van der Waals surface area contributed by atoms with Gasteiger partial charge in [-0.2, -0.15) is 0 Å². The molecule has 0 aromatic heterocycles. The number of amides is 2. The van der Waals surface area contributed by atoms with E-state index in [1.54, 1.807) is 0 Å². The van der Waals surface area contributed by atoms with E-state index in [4.69, 9.17) is 0 Å². The van der Waals surface area contributed by atoms with Gasteiger partial charge in [0.15, 0.2) is 0 Å². The van der Waals surface area contributed by atoms with Crippen molar-refractivity contribution in [1.82, 2.24) is 15.1 Å². The summed E-state index contributed by atoms with van der Waals surface area (Å²) < 4.78 is 0. The molecular formula is C15H33N3O2. The average molecular weight is 287 g/mol. The van der Waals surface area contributed by atoms with Crippen molar-refractivity contribution in [1.29, 1.82) is 0 Å². The van der Waals surface area contributed by atoms with Gasteiger partial charge in [-0.15, -0.1) is 0 Å². The molecule has 1 atom stereocenters. The first kappa shape index (κ1) is 18.9. The third-order valence-corrected chi connectivity index (χ3v) is 3.53. The Morgan fingerprint density at radius 1 is 1.15 bits per heavy atom. The van der Waals surface area contributed by atoms with Crippen molar-refractivity contribution in [3.8, 4) is 0 Å². The summed E-state index contributed by atoms with van der Waals surface area (Å²) in [4.78, 5) is 27.4. The Morgan fingerprint density at radius 3 is 2.15 bits per heavy atom. The summed E-state index contributed by atoms with van der Waals surface area (Å²) in [5, 5.41) is 2.80. The van der Waals surface area contributed by atoms with Crippen LogP contribution in [-0.2, 0) is 4.79 Å². The lowest BCUT2D eigenvalue weighted by molar-refractivity contribution is -0.123. The van der Waals surface area contributed by atoms with Crippen LogP contribution in [0.15, 0.2) is 0 Å². The Morgan fingerprint density at radius 2 is 1.70 bits per heavy atom. The van der Waals surface area contributed by atoms with Crippen molar-refractivity contribution >= 4 is 11.8 Å². The molecule has 1 N–H and O–H groups in total. The molecule has 0 aliphatic carbocycles. The van der Waals surface area contributed by atoms with Gasteiger partial charge in [0.1, 0.15) is 5.78 Å². The normalized spacial score (nSPS) is 16.9. The molecule has 1 aliphatic rings. The van der Waals surface area contributed by atoms with E-state index < -0.39 is 0 Å². The summed E-state index contributed by atoms with van der Waals surface area (Å²) in [6.45, 7) is 14.1. The largest absolute Gasteiger partial charge is 0.338 e. The summed E-state index contributed by atoms with van der Waals surface area (Å²) >= 11 is 0. The molecule has 0 bridgehead atoms. The van der Waals surface area contributed by atoms with Gasteiger partial charge in [0.2, 0.25) is 0 Å². The summed E-state index contributed by atoms with van der Waals surface area (Å²) in [5.74, 6) is 0.454. The number of nitrogens with zero attached hydrogens (tertiary/aromatic N) is 2. The standard InChI is InChI=1S/C13H25N3O2.C2H6.H2/c1-4-11(3)12(17)10-15-6-8-16(9-7-15)13(18)14-5-2;1-2;/h11H,4-10H2,1-3H3,(H,14,18);1-2H3;1H. The van der Waals surface area contributed by atoms with Crippen LogP contribution in [-0.4, -0.2) is 60.9 Å². The Kier molecular flexibility index (Phi) is 10.1.